The van der Waals surface area contributed by atoms with Crippen molar-refractivity contribution < 1.29 is 14.3 Å². The number of hydrogen-bond donors (Lipinski definition) is 0. The molecule has 3 aliphatic heterocycles. The number of unbranched alkanes of at least 4 members (excludes halogenated alkanes) is 1. The Balaban J connectivity index is 1.34. The van der Waals surface area contributed by atoms with E-state index < -0.39 is 0 Å². The largest absolute Gasteiger partial charge is 0.442 e. The smallest absolute Gasteiger partial charge is 0.410 e. The number of benzene rings is 1. The molecule has 3 saturated heterocycles. The Morgan fingerprint density at radius 3 is 2.29 bits per heavy atom. The molecule has 4 rings (SSSR count). The lowest BCUT2D eigenvalue weighted by Gasteiger charge is -2.52. The van der Waals surface area contributed by atoms with Crippen LogP contribution in [-0.4, -0.2) is 77.6 Å². The van der Waals surface area contributed by atoms with E-state index >= 15 is 0 Å². The van der Waals surface area contributed by atoms with Crippen molar-refractivity contribution in [1.29, 1.82) is 0 Å². The quantitative estimate of drug-likeness (QED) is 0.587. The zero-order valence-corrected chi connectivity index (χ0v) is 21.6. The second-order valence-corrected chi connectivity index (χ2v) is 10.6. The first-order chi connectivity index (χ1) is 16.4. The summed E-state index contributed by atoms with van der Waals surface area (Å²) < 4.78 is 6.19. The Labute approximate surface area is 205 Å². The van der Waals surface area contributed by atoms with Gasteiger partial charge < -0.3 is 14.5 Å². The lowest BCUT2D eigenvalue weighted by atomic mass is 9.75. The molecule has 0 aliphatic carbocycles. The molecular formula is C28H43N3O3. The van der Waals surface area contributed by atoms with Gasteiger partial charge in [0.1, 0.15) is 5.60 Å². The van der Waals surface area contributed by atoms with E-state index in [0.29, 0.717) is 12.0 Å². The predicted molar refractivity (Wildman–Crippen MR) is 135 cm³/mol. The molecule has 0 radical (unpaired) electrons. The van der Waals surface area contributed by atoms with E-state index in [2.05, 4.69) is 11.8 Å². The molecule has 3 aliphatic rings. The van der Waals surface area contributed by atoms with E-state index in [4.69, 9.17) is 4.74 Å². The van der Waals surface area contributed by atoms with Gasteiger partial charge in [0.2, 0.25) is 0 Å². The van der Waals surface area contributed by atoms with Gasteiger partial charge in [-0.15, -0.1) is 0 Å². The number of rotatable bonds is 6. The van der Waals surface area contributed by atoms with E-state index in [1.54, 1.807) is 0 Å². The van der Waals surface area contributed by atoms with Crippen LogP contribution in [0, 0.1) is 19.8 Å². The first-order valence-corrected chi connectivity index (χ1v) is 13.5. The Kier molecular flexibility index (Phi) is 7.86. The van der Waals surface area contributed by atoms with Crippen molar-refractivity contribution in [3.8, 4) is 0 Å². The first-order valence-electron chi connectivity index (χ1n) is 13.5. The molecule has 1 atom stereocenters. The highest BCUT2D eigenvalue weighted by Crippen LogP contribution is 2.41. The number of nitrogens with zero attached hydrogens (tertiary/aromatic N) is 3. The zero-order chi connectivity index (χ0) is 24.3. The van der Waals surface area contributed by atoms with E-state index in [0.717, 1.165) is 88.1 Å². The molecular weight excluding hydrogens is 426 g/mol. The summed E-state index contributed by atoms with van der Waals surface area (Å²) in [5, 5.41) is 0. The maximum atomic E-state index is 13.2. The van der Waals surface area contributed by atoms with Gasteiger partial charge in [0.25, 0.3) is 5.91 Å². The van der Waals surface area contributed by atoms with Crippen molar-refractivity contribution in [3.05, 3.63) is 34.9 Å². The fraction of sp³-hybridized carbons (Fsp3) is 0.714. The fourth-order valence-corrected chi connectivity index (χ4v) is 6.41. The van der Waals surface area contributed by atoms with E-state index in [1.807, 2.05) is 48.8 Å². The highest BCUT2D eigenvalue weighted by Gasteiger charge is 2.49. The number of carbonyl (C=O) groups is 2. The molecule has 1 aromatic rings. The maximum Gasteiger partial charge on any atom is 0.410 e. The minimum absolute atomic E-state index is 0.123. The van der Waals surface area contributed by atoms with Crippen LogP contribution in [0.5, 0.6) is 0 Å². The highest BCUT2D eigenvalue weighted by atomic mass is 16.6. The molecule has 3 heterocycles. The molecule has 34 heavy (non-hydrogen) atoms. The number of piperidine rings is 2. The summed E-state index contributed by atoms with van der Waals surface area (Å²) in [7, 11) is 0. The van der Waals surface area contributed by atoms with Crippen LogP contribution in [0.2, 0.25) is 0 Å². The predicted octanol–water partition coefficient (Wildman–Crippen LogP) is 5.02. The van der Waals surface area contributed by atoms with Gasteiger partial charge in [-0.25, -0.2) is 4.79 Å². The minimum atomic E-state index is -0.284. The molecule has 0 bridgehead atoms. The summed E-state index contributed by atoms with van der Waals surface area (Å²) in [5.74, 6) is 0.615. The molecule has 3 fully saturated rings. The van der Waals surface area contributed by atoms with Crippen molar-refractivity contribution in [2.45, 2.75) is 84.3 Å². The van der Waals surface area contributed by atoms with E-state index in [-0.39, 0.29) is 17.6 Å². The third-order valence-corrected chi connectivity index (χ3v) is 8.63. The summed E-state index contributed by atoms with van der Waals surface area (Å²) >= 11 is 0. The van der Waals surface area contributed by atoms with E-state index in [1.165, 1.54) is 12.8 Å². The number of hydrogen-bond acceptors (Lipinski definition) is 4. The maximum absolute atomic E-state index is 13.2. The third-order valence-electron chi connectivity index (χ3n) is 8.63. The van der Waals surface area contributed by atoms with Crippen LogP contribution in [0.4, 0.5) is 4.79 Å². The molecule has 1 unspecified atom stereocenters. The van der Waals surface area contributed by atoms with Gasteiger partial charge in [-0.2, -0.15) is 0 Å². The van der Waals surface area contributed by atoms with Crippen molar-refractivity contribution in [3.63, 3.8) is 0 Å². The molecule has 1 spiro atoms. The summed E-state index contributed by atoms with van der Waals surface area (Å²) in [6, 6.07) is 6.59. The van der Waals surface area contributed by atoms with Crippen molar-refractivity contribution in [1.82, 2.24) is 14.7 Å². The number of likely N-dealkylation sites (tertiary alicyclic amines) is 2. The third kappa shape index (κ3) is 4.98. The van der Waals surface area contributed by atoms with Crippen LogP contribution in [-0.2, 0) is 4.74 Å². The van der Waals surface area contributed by atoms with Crippen LogP contribution in [0.1, 0.15) is 80.3 Å². The van der Waals surface area contributed by atoms with Crippen LogP contribution < -0.4 is 0 Å². The average molecular weight is 470 g/mol. The summed E-state index contributed by atoms with van der Waals surface area (Å²) in [4.78, 5) is 32.3. The molecule has 188 valence electrons. The highest BCUT2D eigenvalue weighted by molar-refractivity contribution is 5.97. The van der Waals surface area contributed by atoms with Crippen molar-refractivity contribution in [2.24, 2.45) is 5.92 Å². The molecule has 0 N–H and O–H groups in total. The molecule has 6 heteroatoms. The number of amides is 2. The Morgan fingerprint density at radius 2 is 1.71 bits per heavy atom. The lowest BCUT2D eigenvalue weighted by molar-refractivity contribution is -0.125. The zero-order valence-electron chi connectivity index (χ0n) is 21.6. The minimum Gasteiger partial charge on any atom is -0.442 e. The Hall–Kier alpha value is -2.08. The van der Waals surface area contributed by atoms with Crippen LogP contribution in [0.3, 0.4) is 0 Å². The Morgan fingerprint density at radius 1 is 1.06 bits per heavy atom. The molecule has 2 amide bonds. The fourth-order valence-electron chi connectivity index (χ4n) is 6.41. The normalized spacial score (nSPS) is 23.9. The van der Waals surface area contributed by atoms with Gasteiger partial charge in [-0.3, -0.25) is 9.69 Å². The van der Waals surface area contributed by atoms with Crippen LogP contribution >= 0.6 is 0 Å². The van der Waals surface area contributed by atoms with Crippen LogP contribution in [0.15, 0.2) is 18.2 Å². The summed E-state index contributed by atoms with van der Waals surface area (Å²) in [5.41, 5.74) is 2.72. The number of aryl methyl sites for hydroxylation is 2. The molecule has 1 aromatic carbocycles. The number of carbonyl (C=O) groups excluding carboxylic acids is 2. The van der Waals surface area contributed by atoms with Crippen LogP contribution in [0.25, 0.3) is 0 Å². The lowest BCUT2D eigenvalue weighted by Crippen LogP contribution is -2.61. The first kappa shape index (κ1) is 25.0. The summed E-state index contributed by atoms with van der Waals surface area (Å²) in [6.45, 7) is 13.5. The summed E-state index contributed by atoms with van der Waals surface area (Å²) in [6.07, 6.45) is 7.30. The molecule has 0 saturated carbocycles. The van der Waals surface area contributed by atoms with Gasteiger partial charge in [0.15, 0.2) is 0 Å². The SMILES string of the molecule is CCCCC1CN(CC)C(=O)OC12CCN(C1CCN(C(=O)c3c(C)cccc3C)CC1)CC2. The topological polar surface area (TPSA) is 53.1 Å². The van der Waals surface area contributed by atoms with Gasteiger partial charge in [-0.1, -0.05) is 38.0 Å². The average Bonchev–Trinajstić information content (AvgIpc) is 2.84. The van der Waals surface area contributed by atoms with Gasteiger partial charge >= 0.3 is 6.09 Å². The second kappa shape index (κ2) is 10.7. The second-order valence-electron chi connectivity index (χ2n) is 10.6. The van der Waals surface area contributed by atoms with Gasteiger partial charge in [-0.05, 0) is 51.2 Å². The van der Waals surface area contributed by atoms with Gasteiger partial charge in [0, 0.05) is 69.6 Å². The van der Waals surface area contributed by atoms with Gasteiger partial charge in [0.05, 0.1) is 0 Å². The monoisotopic (exact) mass is 469 g/mol. The van der Waals surface area contributed by atoms with Crippen molar-refractivity contribution >= 4 is 12.0 Å². The molecule has 0 aromatic heterocycles. The molecule has 6 nitrogen and oxygen atoms in total. The number of ether oxygens (including phenoxy) is 1. The van der Waals surface area contributed by atoms with E-state index in [9.17, 15) is 9.59 Å². The Bertz CT molecular complexity index is 849. The standard InChI is InChI=1S/C28H43N3O3/c1-5-7-11-23-20-29(6-2)27(33)34-28(23)14-18-30(19-15-28)24-12-16-31(17-13-24)26(32)25-21(3)9-8-10-22(25)4/h8-10,23-24H,5-7,11-20H2,1-4H3. The van der Waals surface area contributed by atoms with Crippen molar-refractivity contribution in [2.75, 3.05) is 39.3 Å².